The number of carbonyl (C=O) groups excluding carboxylic acids is 1. The predicted molar refractivity (Wildman–Crippen MR) is 72.7 cm³/mol. The zero-order valence-corrected chi connectivity index (χ0v) is 12.8. The first-order chi connectivity index (χ1) is 7.43. The first kappa shape index (κ1) is 14.5. The standard InChI is InChI=1S/C15H29NO/c1-10(2)12-15(13(3,4)5,14(6,7)8)9-11(17)16-12/h10,12H,9H2,1-8H3,(H,16,17). The highest BCUT2D eigenvalue weighted by Crippen LogP contribution is 2.59. The molecule has 0 saturated carbocycles. The summed E-state index contributed by atoms with van der Waals surface area (Å²) in [6.07, 6.45) is 0.656. The first-order valence-corrected chi connectivity index (χ1v) is 6.73. The highest BCUT2D eigenvalue weighted by Gasteiger charge is 2.60. The highest BCUT2D eigenvalue weighted by atomic mass is 16.2. The van der Waals surface area contributed by atoms with Gasteiger partial charge in [0.05, 0.1) is 0 Å². The number of amides is 1. The minimum atomic E-state index is 0.0191. The van der Waals surface area contributed by atoms with E-state index in [1.807, 2.05) is 0 Å². The van der Waals surface area contributed by atoms with Crippen LogP contribution in [0.3, 0.4) is 0 Å². The lowest BCUT2D eigenvalue weighted by atomic mass is 9.49. The molecule has 0 aromatic carbocycles. The van der Waals surface area contributed by atoms with Gasteiger partial charge in [-0.2, -0.15) is 0 Å². The van der Waals surface area contributed by atoms with Crippen LogP contribution in [-0.2, 0) is 4.79 Å². The van der Waals surface area contributed by atoms with Crippen LogP contribution in [0.25, 0.3) is 0 Å². The molecule has 1 N–H and O–H groups in total. The van der Waals surface area contributed by atoms with Crippen molar-refractivity contribution >= 4 is 5.91 Å². The minimum absolute atomic E-state index is 0.0191. The smallest absolute Gasteiger partial charge is 0.220 e. The zero-order chi connectivity index (χ0) is 13.6. The maximum Gasteiger partial charge on any atom is 0.220 e. The maximum atomic E-state index is 12.0. The van der Waals surface area contributed by atoms with Crippen LogP contribution in [0.2, 0.25) is 0 Å². The topological polar surface area (TPSA) is 29.1 Å². The van der Waals surface area contributed by atoms with Crippen LogP contribution in [-0.4, -0.2) is 11.9 Å². The van der Waals surface area contributed by atoms with Gasteiger partial charge in [-0.05, 0) is 16.7 Å². The minimum Gasteiger partial charge on any atom is -0.352 e. The Hall–Kier alpha value is -0.530. The molecule has 0 bridgehead atoms. The van der Waals surface area contributed by atoms with E-state index in [9.17, 15) is 4.79 Å². The van der Waals surface area contributed by atoms with Crippen molar-refractivity contribution in [2.75, 3.05) is 0 Å². The van der Waals surface area contributed by atoms with Crippen molar-refractivity contribution in [2.45, 2.75) is 67.9 Å². The van der Waals surface area contributed by atoms with Gasteiger partial charge in [0.15, 0.2) is 0 Å². The van der Waals surface area contributed by atoms with Gasteiger partial charge in [0, 0.05) is 17.9 Å². The summed E-state index contributed by atoms with van der Waals surface area (Å²) in [5.41, 5.74) is 0.240. The van der Waals surface area contributed by atoms with E-state index in [2.05, 4.69) is 60.7 Å². The Morgan fingerprint density at radius 2 is 1.53 bits per heavy atom. The quantitative estimate of drug-likeness (QED) is 0.744. The summed E-state index contributed by atoms with van der Waals surface area (Å²) in [6, 6.07) is 0.273. The lowest BCUT2D eigenvalue weighted by Gasteiger charge is -2.55. The van der Waals surface area contributed by atoms with Crippen LogP contribution in [0.5, 0.6) is 0 Å². The van der Waals surface area contributed by atoms with Crippen LogP contribution in [0.15, 0.2) is 0 Å². The molecule has 17 heavy (non-hydrogen) atoms. The van der Waals surface area contributed by atoms with Crippen LogP contribution in [0.1, 0.15) is 61.8 Å². The fourth-order valence-corrected chi connectivity index (χ4v) is 4.03. The molecule has 1 fully saturated rings. The Kier molecular flexibility index (Phi) is 3.42. The number of nitrogens with one attached hydrogen (secondary N) is 1. The Balaban J connectivity index is 3.37. The van der Waals surface area contributed by atoms with Crippen molar-refractivity contribution in [1.29, 1.82) is 0 Å². The molecule has 1 heterocycles. The Morgan fingerprint density at radius 3 is 1.76 bits per heavy atom. The van der Waals surface area contributed by atoms with Gasteiger partial charge in [-0.25, -0.2) is 0 Å². The van der Waals surface area contributed by atoms with Crippen LogP contribution in [0, 0.1) is 22.2 Å². The van der Waals surface area contributed by atoms with Gasteiger partial charge >= 0.3 is 0 Å². The second-order valence-electron chi connectivity index (χ2n) is 7.94. The van der Waals surface area contributed by atoms with Gasteiger partial charge in [-0.15, -0.1) is 0 Å². The largest absolute Gasteiger partial charge is 0.352 e. The monoisotopic (exact) mass is 239 g/mol. The van der Waals surface area contributed by atoms with E-state index in [0.717, 1.165) is 0 Å². The molecule has 1 amide bonds. The van der Waals surface area contributed by atoms with Crippen LogP contribution < -0.4 is 5.32 Å². The predicted octanol–water partition coefficient (Wildman–Crippen LogP) is 3.61. The molecule has 0 aliphatic carbocycles. The van der Waals surface area contributed by atoms with E-state index in [1.54, 1.807) is 0 Å². The van der Waals surface area contributed by atoms with E-state index in [4.69, 9.17) is 0 Å². The number of hydrogen-bond acceptors (Lipinski definition) is 1. The molecule has 1 rings (SSSR count). The fraction of sp³-hybridized carbons (Fsp3) is 0.933. The van der Waals surface area contributed by atoms with Gasteiger partial charge < -0.3 is 5.32 Å². The molecular weight excluding hydrogens is 210 g/mol. The first-order valence-electron chi connectivity index (χ1n) is 6.73. The Bertz CT molecular complexity index is 290. The molecule has 1 unspecified atom stereocenters. The zero-order valence-electron chi connectivity index (χ0n) is 12.8. The van der Waals surface area contributed by atoms with E-state index >= 15 is 0 Å². The molecule has 2 heteroatoms. The van der Waals surface area contributed by atoms with Crippen LogP contribution >= 0.6 is 0 Å². The third kappa shape index (κ3) is 2.11. The molecule has 2 nitrogen and oxygen atoms in total. The number of hydrogen-bond donors (Lipinski definition) is 1. The molecule has 0 spiro atoms. The third-order valence-electron chi connectivity index (χ3n) is 4.63. The molecule has 0 aromatic heterocycles. The van der Waals surface area contributed by atoms with Gasteiger partial charge in [0.2, 0.25) is 5.91 Å². The van der Waals surface area contributed by atoms with Crippen molar-refractivity contribution in [1.82, 2.24) is 5.32 Å². The number of rotatable bonds is 1. The lowest BCUT2D eigenvalue weighted by molar-refractivity contribution is -0.121. The van der Waals surface area contributed by atoms with Crippen molar-refractivity contribution in [3.05, 3.63) is 0 Å². The molecular formula is C15H29NO. The average molecular weight is 239 g/mol. The van der Waals surface area contributed by atoms with Gasteiger partial charge in [-0.1, -0.05) is 55.4 Å². The summed E-state index contributed by atoms with van der Waals surface area (Å²) in [5, 5.41) is 3.22. The normalized spacial score (nSPS) is 25.2. The van der Waals surface area contributed by atoms with Crippen molar-refractivity contribution in [3.63, 3.8) is 0 Å². The molecule has 0 radical (unpaired) electrons. The molecule has 100 valence electrons. The Morgan fingerprint density at radius 1 is 1.12 bits per heavy atom. The molecule has 1 atom stereocenters. The second kappa shape index (κ2) is 4.00. The SMILES string of the molecule is CC(C)C1NC(=O)CC1(C(C)(C)C)C(C)(C)C. The summed E-state index contributed by atoms with van der Waals surface area (Å²) in [5.74, 6) is 0.688. The van der Waals surface area contributed by atoms with Gasteiger partial charge in [0.25, 0.3) is 0 Å². The van der Waals surface area contributed by atoms with E-state index in [1.165, 1.54) is 0 Å². The van der Waals surface area contributed by atoms with E-state index < -0.39 is 0 Å². The molecule has 1 aliphatic rings. The Labute approximate surface area is 107 Å². The average Bonchev–Trinajstić information content (AvgIpc) is 2.41. The lowest BCUT2D eigenvalue weighted by Crippen LogP contribution is -2.55. The number of carbonyl (C=O) groups is 1. The fourth-order valence-electron chi connectivity index (χ4n) is 4.03. The van der Waals surface area contributed by atoms with Gasteiger partial charge in [-0.3, -0.25) is 4.79 Å². The summed E-state index contributed by atoms with van der Waals surface area (Å²) in [7, 11) is 0. The maximum absolute atomic E-state index is 12.0. The summed E-state index contributed by atoms with van der Waals surface area (Å²) in [6.45, 7) is 18.1. The molecule has 0 aromatic rings. The second-order valence-corrected chi connectivity index (χ2v) is 7.94. The molecule has 1 aliphatic heterocycles. The summed E-state index contributed by atoms with van der Waals surface area (Å²) < 4.78 is 0. The van der Waals surface area contributed by atoms with Crippen molar-refractivity contribution < 1.29 is 4.79 Å². The highest BCUT2D eigenvalue weighted by molar-refractivity contribution is 5.80. The van der Waals surface area contributed by atoms with Gasteiger partial charge in [0.1, 0.15) is 0 Å². The van der Waals surface area contributed by atoms with Crippen molar-refractivity contribution in [2.24, 2.45) is 22.2 Å². The van der Waals surface area contributed by atoms with E-state index in [0.29, 0.717) is 12.3 Å². The molecule has 1 saturated heterocycles. The summed E-state index contributed by atoms with van der Waals surface area (Å²) >= 11 is 0. The van der Waals surface area contributed by atoms with E-state index in [-0.39, 0.29) is 28.2 Å². The van der Waals surface area contributed by atoms with Crippen molar-refractivity contribution in [3.8, 4) is 0 Å². The third-order valence-corrected chi connectivity index (χ3v) is 4.63. The van der Waals surface area contributed by atoms with Crippen LogP contribution in [0.4, 0.5) is 0 Å². The summed E-state index contributed by atoms with van der Waals surface area (Å²) in [4.78, 5) is 12.0.